The van der Waals surface area contributed by atoms with Gasteiger partial charge in [-0.1, -0.05) is 19.3 Å². The van der Waals surface area contributed by atoms with Crippen LogP contribution in [0.15, 0.2) is 36.5 Å². The molecule has 3 aromatic rings. The number of carbonyl (C=O) groups is 1. The number of carboxylic acid groups (broad SMARTS) is 1. The maximum Gasteiger partial charge on any atom is 0.303 e. The molecule has 33 heavy (non-hydrogen) atoms. The van der Waals surface area contributed by atoms with E-state index in [9.17, 15) is 14.3 Å². The smallest absolute Gasteiger partial charge is 0.303 e. The lowest BCUT2D eigenvalue weighted by Crippen LogP contribution is -2.36. The number of benzene rings is 1. The van der Waals surface area contributed by atoms with E-state index in [-0.39, 0.29) is 11.9 Å². The molecule has 3 N–H and O–H groups in total. The minimum absolute atomic E-state index is 0.193. The second-order valence-corrected chi connectivity index (χ2v) is 8.97. The second kappa shape index (κ2) is 10.7. The number of aliphatic carboxylic acids is 1. The Bertz CT molecular complexity index is 1060. The number of hydrogen-bond donors (Lipinski definition) is 3. The van der Waals surface area contributed by atoms with Crippen molar-refractivity contribution in [1.82, 2.24) is 15.0 Å². The van der Waals surface area contributed by atoms with E-state index < -0.39 is 5.97 Å². The molecular weight excluding hydrogens is 423 g/mol. The van der Waals surface area contributed by atoms with E-state index in [1.165, 1.54) is 31.4 Å². The fraction of sp³-hybridized carbons (Fsp3) is 0.480. The molecule has 2 fully saturated rings. The molecule has 1 saturated carbocycles. The van der Waals surface area contributed by atoms with Crippen molar-refractivity contribution in [3.05, 3.63) is 42.3 Å². The van der Waals surface area contributed by atoms with Gasteiger partial charge in [0.25, 0.3) is 0 Å². The van der Waals surface area contributed by atoms with Gasteiger partial charge in [0.1, 0.15) is 17.5 Å². The Kier molecular flexibility index (Phi) is 7.54. The highest BCUT2D eigenvalue weighted by molar-refractivity contribution is 5.79. The first kappa shape index (κ1) is 23.2. The summed E-state index contributed by atoms with van der Waals surface area (Å²) in [6.07, 6.45) is 9.55. The number of aromatic nitrogens is 3. The van der Waals surface area contributed by atoms with Gasteiger partial charge in [-0.2, -0.15) is 0 Å². The van der Waals surface area contributed by atoms with Crippen LogP contribution in [0.25, 0.3) is 22.4 Å². The summed E-state index contributed by atoms with van der Waals surface area (Å²) >= 11 is 0. The molecule has 0 spiro atoms. The van der Waals surface area contributed by atoms with Crippen LogP contribution in [-0.2, 0) is 4.79 Å². The van der Waals surface area contributed by atoms with Gasteiger partial charge in [0, 0.05) is 31.3 Å². The number of H-pyrrole nitrogens is 1. The van der Waals surface area contributed by atoms with Gasteiger partial charge >= 0.3 is 5.97 Å². The summed E-state index contributed by atoms with van der Waals surface area (Å²) in [6.45, 7) is 1.63. The van der Waals surface area contributed by atoms with Gasteiger partial charge in [-0.05, 0) is 61.9 Å². The highest BCUT2D eigenvalue weighted by atomic mass is 19.1. The summed E-state index contributed by atoms with van der Waals surface area (Å²) in [6, 6.07) is 8.42. The van der Waals surface area contributed by atoms with Crippen molar-refractivity contribution in [3.63, 3.8) is 0 Å². The minimum Gasteiger partial charge on any atom is -0.481 e. The Labute approximate surface area is 192 Å². The number of piperidine rings is 1. The summed E-state index contributed by atoms with van der Waals surface area (Å²) in [7, 11) is 0. The number of imidazole rings is 1. The normalized spacial score (nSPS) is 17.6. The molecule has 3 heterocycles. The maximum absolute atomic E-state index is 13.3. The lowest BCUT2D eigenvalue weighted by atomic mass is 9.87. The van der Waals surface area contributed by atoms with Crippen molar-refractivity contribution in [2.24, 2.45) is 5.92 Å². The number of anilines is 1. The molecule has 5 rings (SSSR count). The van der Waals surface area contributed by atoms with E-state index in [0.29, 0.717) is 23.7 Å². The molecular formula is C25H31FN4O3. The number of aliphatic hydroxyl groups is 1. The molecule has 7 nitrogen and oxygen atoms in total. The lowest BCUT2D eigenvalue weighted by Gasteiger charge is -2.30. The minimum atomic E-state index is -0.632. The van der Waals surface area contributed by atoms with Gasteiger partial charge in [0.2, 0.25) is 0 Å². The summed E-state index contributed by atoms with van der Waals surface area (Å²) in [5.74, 6) is 1.15. The zero-order valence-electron chi connectivity index (χ0n) is 18.7. The average molecular weight is 455 g/mol. The molecule has 1 aliphatic heterocycles. The number of fused-ring (bicyclic) bond motifs is 1. The van der Waals surface area contributed by atoms with Crippen molar-refractivity contribution in [2.45, 2.75) is 57.5 Å². The SMILES string of the molecule is O=C(O)CC1CCCCC1.OC1CCN(c2ccc(-c3nc4ccc(F)cc4[nH]3)cn2)CC1. The number of hydrogen-bond acceptors (Lipinski definition) is 5. The first-order valence-corrected chi connectivity index (χ1v) is 11.7. The topological polar surface area (TPSA) is 102 Å². The predicted octanol–water partition coefficient (Wildman–Crippen LogP) is 4.77. The molecule has 2 aromatic heterocycles. The fourth-order valence-corrected chi connectivity index (χ4v) is 4.56. The molecule has 0 radical (unpaired) electrons. The molecule has 1 aliphatic carbocycles. The third-order valence-electron chi connectivity index (χ3n) is 6.44. The van der Waals surface area contributed by atoms with Crippen LogP contribution in [0.5, 0.6) is 0 Å². The first-order chi connectivity index (χ1) is 16.0. The summed E-state index contributed by atoms with van der Waals surface area (Å²) < 4.78 is 13.3. The van der Waals surface area contributed by atoms with Gasteiger partial charge in [-0.3, -0.25) is 4.79 Å². The monoisotopic (exact) mass is 454 g/mol. The predicted molar refractivity (Wildman–Crippen MR) is 126 cm³/mol. The van der Waals surface area contributed by atoms with E-state index in [4.69, 9.17) is 5.11 Å². The Hall–Kier alpha value is -3.00. The Balaban J connectivity index is 0.000000219. The Morgan fingerprint density at radius 1 is 1.09 bits per heavy atom. The van der Waals surface area contributed by atoms with Gasteiger partial charge < -0.3 is 20.1 Å². The Morgan fingerprint density at radius 2 is 1.85 bits per heavy atom. The summed E-state index contributed by atoms with van der Waals surface area (Å²) in [5.41, 5.74) is 2.27. The van der Waals surface area contributed by atoms with Crippen molar-refractivity contribution in [3.8, 4) is 11.4 Å². The zero-order valence-corrected chi connectivity index (χ0v) is 18.7. The van der Waals surface area contributed by atoms with E-state index in [2.05, 4.69) is 19.9 Å². The first-order valence-electron chi connectivity index (χ1n) is 11.7. The molecule has 0 atom stereocenters. The number of carboxylic acids is 1. The lowest BCUT2D eigenvalue weighted by molar-refractivity contribution is -0.138. The summed E-state index contributed by atoms with van der Waals surface area (Å²) in [4.78, 5) is 24.5. The molecule has 8 heteroatoms. The highest BCUT2D eigenvalue weighted by Gasteiger charge is 2.18. The number of nitrogens with zero attached hydrogens (tertiary/aromatic N) is 3. The van der Waals surface area contributed by atoms with Gasteiger partial charge in [-0.15, -0.1) is 0 Å². The van der Waals surface area contributed by atoms with E-state index in [1.54, 1.807) is 12.3 Å². The molecule has 0 unspecified atom stereocenters. The third-order valence-corrected chi connectivity index (χ3v) is 6.44. The fourth-order valence-electron chi connectivity index (χ4n) is 4.56. The van der Waals surface area contributed by atoms with E-state index in [0.717, 1.165) is 55.7 Å². The molecule has 176 valence electrons. The largest absolute Gasteiger partial charge is 0.481 e. The molecule has 0 bridgehead atoms. The number of halogens is 1. The highest BCUT2D eigenvalue weighted by Crippen LogP contribution is 2.26. The number of aliphatic hydroxyl groups excluding tert-OH is 1. The van der Waals surface area contributed by atoms with Crippen LogP contribution in [-0.4, -0.2) is 50.3 Å². The van der Waals surface area contributed by atoms with E-state index >= 15 is 0 Å². The molecule has 2 aliphatic rings. The van der Waals surface area contributed by atoms with Crippen molar-refractivity contribution < 1.29 is 19.4 Å². The molecule has 1 saturated heterocycles. The van der Waals surface area contributed by atoms with Crippen LogP contribution in [0.4, 0.5) is 10.2 Å². The van der Waals surface area contributed by atoms with Crippen molar-refractivity contribution in [2.75, 3.05) is 18.0 Å². The van der Waals surface area contributed by atoms with Gasteiger partial charge in [-0.25, -0.2) is 14.4 Å². The van der Waals surface area contributed by atoms with Gasteiger partial charge in [0.15, 0.2) is 0 Å². The van der Waals surface area contributed by atoms with Gasteiger partial charge in [0.05, 0.1) is 17.1 Å². The van der Waals surface area contributed by atoms with Crippen LogP contribution in [0.2, 0.25) is 0 Å². The Morgan fingerprint density at radius 3 is 2.52 bits per heavy atom. The summed E-state index contributed by atoms with van der Waals surface area (Å²) in [5, 5.41) is 18.0. The zero-order chi connectivity index (χ0) is 23.2. The third kappa shape index (κ3) is 6.28. The average Bonchev–Trinajstić information content (AvgIpc) is 3.24. The van der Waals surface area contributed by atoms with Crippen LogP contribution in [0, 0.1) is 11.7 Å². The van der Waals surface area contributed by atoms with Crippen LogP contribution >= 0.6 is 0 Å². The van der Waals surface area contributed by atoms with Crippen LogP contribution in [0.3, 0.4) is 0 Å². The number of nitrogens with one attached hydrogen (secondary N) is 1. The number of rotatable bonds is 4. The van der Waals surface area contributed by atoms with Crippen LogP contribution < -0.4 is 4.90 Å². The molecule has 0 amide bonds. The maximum atomic E-state index is 13.3. The van der Waals surface area contributed by atoms with Crippen molar-refractivity contribution >= 4 is 22.8 Å². The van der Waals surface area contributed by atoms with Crippen molar-refractivity contribution in [1.29, 1.82) is 0 Å². The number of pyridine rings is 1. The molecule has 1 aromatic carbocycles. The quantitative estimate of drug-likeness (QED) is 0.525. The van der Waals surface area contributed by atoms with Crippen LogP contribution in [0.1, 0.15) is 51.4 Å². The van der Waals surface area contributed by atoms with E-state index in [1.807, 2.05) is 12.1 Å². The standard InChI is InChI=1S/C17H17FN4O.C8H14O2/c18-12-2-3-14-15(9-12)21-17(20-14)11-1-4-16(19-10-11)22-7-5-13(23)6-8-22;9-8(10)6-7-4-2-1-3-5-7/h1-4,9-10,13,23H,5-8H2,(H,20,21);7H,1-6H2,(H,9,10). The second-order valence-electron chi connectivity index (χ2n) is 8.97. The number of aromatic amines is 1.